The standard InChI is InChI=1S/C25H23ClN6O5S/c1-14-7-27-9-21(29-14)15-3-4-18(20(26)6-15)19-5-16-8-28-24(38-2)30-22(16)32(23(19)33)12-31(25(34)35)17-10-36-13-37-11-17/h3-9,17H,10-13H2,1-2H3,(H,34,35). The normalized spacial score (nSPS) is 14.1. The molecule has 0 atom stereocenters. The Balaban J connectivity index is 1.64. The lowest BCUT2D eigenvalue weighted by Crippen LogP contribution is -2.49. The van der Waals surface area contributed by atoms with Crippen molar-refractivity contribution >= 4 is 40.5 Å². The maximum atomic E-state index is 13.9. The van der Waals surface area contributed by atoms with Gasteiger partial charge >= 0.3 is 6.09 Å². The molecule has 0 aliphatic carbocycles. The number of thioether (sulfide) groups is 1. The van der Waals surface area contributed by atoms with Crippen LogP contribution in [0.5, 0.6) is 0 Å². The molecule has 38 heavy (non-hydrogen) atoms. The molecular formula is C25H23ClN6O5S. The second kappa shape index (κ2) is 11.0. The van der Waals surface area contributed by atoms with Crippen molar-refractivity contribution in [2.75, 3.05) is 26.3 Å². The Morgan fingerprint density at radius 1 is 1.18 bits per heavy atom. The topological polar surface area (TPSA) is 133 Å². The molecule has 0 saturated carbocycles. The van der Waals surface area contributed by atoms with E-state index in [1.54, 1.807) is 36.8 Å². The minimum atomic E-state index is -1.21. The molecule has 1 fully saturated rings. The molecule has 0 spiro atoms. The fourth-order valence-corrected chi connectivity index (χ4v) is 4.82. The highest BCUT2D eigenvalue weighted by Gasteiger charge is 2.28. The molecule has 13 heteroatoms. The molecule has 0 bridgehead atoms. The number of hydrogen-bond donors (Lipinski definition) is 1. The first-order chi connectivity index (χ1) is 18.4. The van der Waals surface area contributed by atoms with Gasteiger partial charge in [0, 0.05) is 39.5 Å². The van der Waals surface area contributed by atoms with Crippen molar-refractivity contribution < 1.29 is 19.4 Å². The summed E-state index contributed by atoms with van der Waals surface area (Å²) < 4.78 is 11.9. The van der Waals surface area contributed by atoms with Gasteiger partial charge in [-0.05, 0) is 25.3 Å². The highest BCUT2D eigenvalue weighted by Crippen LogP contribution is 2.31. The summed E-state index contributed by atoms with van der Waals surface area (Å²) in [5.41, 5.74) is 2.80. The van der Waals surface area contributed by atoms with Crippen molar-refractivity contribution in [2.24, 2.45) is 0 Å². The van der Waals surface area contributed by atoms with Crippen molar-refractivity contribution in [3.05, 3.63) is 63.9 Å². The number of amides is 1. The van der Waals surface area contributed by atoms with E-state index in [1.807, 2.05) is 19.2 Å². The van der Waals surface area contributed by atoms with Crippen LogP contribution in [0.4, 0.5) is 4.79 Å². The SMILES string of the molecule is CSc1ncc2cc(-c3ccc(-c4cncc(C)n4)cc3Cl)c(=O)n(CN(C(=O)O)C3COCOC3)c2n1. The van der Waals surface area contributed by atoms with Gasteiger partial charge in [0.05, 0.1) is 36.8 Å². The van der Waals surface area contributed by atoms with Crippen molar-refractivity contribution in [3.8, 4) is 22.4 Å². The maximum Gasteiger partial charge on any atom is 0.409 e. The smallest absolute Gasteiger partial charge is 0.409 e. The maximum absolute atomic E-state index is 13.9. The fourth-order valence-electron chi connectivity index (χ4n) is 4.20. The number of hydrogen-bond acceptors (Lipinski definition) is 9. The number of aromatic nitrogens is 5. The zero-order valence-corrected chi connectivity index (χ0v) is 22.1. The summed E-state index contributed by atoms with van der Waals surface area (Å²) in [7, 11) is 0. The first-order valence-electron chi connectivity index (χ1n) is 11.5. The van der Waals surface area contributed by atoms with Gasteiger partial charge in [-0.1, -0.05) is 35.5 Å². The fraction of sp³-hybridized carbons (Fsp3) is 0.280. The van der Waals surface area contributed by atoms with E-state index in [9.17, 15) is 14.7 Å². The van der Waals surface area contributed by atoms with Crippen LogP contribution in [0.3, 0.4) is 0 Å². The third-order valence-corrected chi connectivity index (χ3v) is 6.94. The molecule has 1 amide bonds. The average Bonchev–Trinajstić information content (AvgIpc) is 2.92. The van der Waals surface area contributed by atoms with E-state index >= 15 is 0 Å². The highest BCUT2D eigenvalue weighted by atomic mass is 35.5. The monoisotopic (exact) mass is 554 g/mol. The van der Waals surface area contributed by atoms with Gasteiger partial charge in [-0.3, -0.25) is 19.2 Å². The van der Waals surface area contributed by atoms with Gasteiger partial charge in [0.2, 0.25) is 0 Å². The lowest BCUT2D eigenvalue weighted by Gasteiger charge is -2.32. The van der Waals surface area contributed by atoms with Gasteiger partial charge in [0.25, 0.3) is 5.56 Å². The van der Waals surface area contributed by atoms with E-state index in [1.165, 1.54) is 16.3 Å². The quantitative estimate of drug-likeness (QED) is 0.276. The van der Waals surface area contributed by atoms with Crippen LogP contribution in [-0.4, -0.2) is 72.9 Å². The summed E-state index contributed by atoms with van der Waals surface area (Å²) in [6.45, 7) is 1.96. The van der Waals surface area contributed by atoms with Gasteiger partial charge in [-0.15, -0.1) is 0 Å². The summed E-state index contributed by atoms with van der Waals surface area (Å²) in [5.74, 6) is 0. The number of aryl methyl sites for hydroxylation is 1. The summed E-state index contributed by atoms with van der Waals surface area (Å²) in [4.78, 5) is 44.8. The first kappa shape index (κ1) is 26.0. The second-order valence-electron chi connectivity index (χ2n) is 8.57. The van der Waals surface area contributed by atoms with Crippen LogP contribution in [0.25, 0.3) is 33.4 Å². The van der Waals surface area contributed by atoms with Gasteiger partial charge in [-0.2, -0.15) is 0 Å². The van der Waals surface area contributed by atoms with E-state index in [4.69, 9.17) is 21.1 Å². The third kappa shape index (κ3) is 5.20. The number of rotatable bonds is 6. The number of carbonyl (C=O) groups is 1. The van der Waals surface area contributed by atoms with Crippen LogP contribution in [0.2, 0.25) is 5.02 Å². The molecule has 0 radical (unpaired) electrons. The number of pyridine rings is 1. The summed E-state index contributed by atoms with van der Waals surface area (Å²) in [6, 6.07) is 6.35. The molecule has 4 aromatic rings. The third-order valence-electron chi connectivity index (χ3n) is 6.06. The van der Waals surface area contributed by atoms with Crippen molar-refractivity contribution in [3.63, 3.8) is 0 Å². The lowest BCUT2D eigenvalue weighted by atomic mass is 10.0. The number of benzene rings is 1. The zero-order chi connectivity index (χ0) is 26.8. The van der Waals surface area contributed by atoms with E-state index in [0.717, 1.165) is 16.2 Å². The van der Waals surface area contributed by atoms with Crippen LogP contribution in [-0.2, 0) is 16.1 Å². The number of fused-ring (bicyclic) bond motifs is 1. The van der Waals surface area contributed by atoms with Crippen molar-refractivity contribution in [1.82, 2.24) is 29.4 Å². The number of halogens is 1. The lowest BCUT2D eigenvalue weighted by molar-refractivity contribution is -0.134. The Bertz CT molecular complexity index is 1580. The summed E-state index contributed by atoms with van der Waals surface area (Å²) in [5, 5.41) is 11.3. The van der Waals surface area contributed by atoms with Crippen LogP contribution < -0.4 is 5.56 Å². The summed E-state index contributed by atoms with van der Waals surface area (Å²) >= 11 is 8.00. The van der Waals surface area contributed by atoms with E-state index < -0.39 is 17.7 Å². The molecule has 1 N–H and O–H groups in total. The molecule has 4 heterocycles. The van der Waals surface area contributed by atoms with E-state index in [-0.39, 0.29) is 32.2 Å². The Morgan fingerprint density at radius 2 is 1.97 bits per heavy atom. The molecule has 1 aliphatic heterocycles. The molecule has 11 nitrogen and oxygen atoms in total. The Kier molecular flexibility index (Phi) is 7.56. The number of nitrogens with zero attached hydrogens (tertiary/aromatic N) is 6. The van der Waals surface area contributed by atoms with Gasteiger partial charge in [0.1, 0.15) is 19.1 Å². The molecular weight excluding hydrogens is 532 g/mol. The molecule has 1 aliphatic rings. The minimum absolute atomic E-state index is 0.0925. The van der Waals surface area contributed by atoms with Crippen LogP contribution >= 0.6 is 23.4 Å². The van der Waals surface area contributed by atoms with E-state index in [2.05, 4.69) is 19.9 Å². The number of ether oxygens (including phenoxy) is 2. The summed E-state index contributed by atoms with van der Waals surface area (Å²) in [6.07, 6.45) is 5.51. The van der Waals surface area contributed by atoms with Crippen molar-refractivity contribution in [1.29, 1.82) is 0 Å². The molecule has 1 aromatic carbocycles. The Morgan fingerprint density at radius 3 is 2.66 bits per heavy atom. The molecule has 3 aromatic heterocycles. The van der Waals surface area contributed by atoms with Gasteiger partial charge in [0.15, 0.2) is 5.16 Å². The van der Waals surface area contributed by atoms with Crippen LogP contribution in [0.15, 0.2) is 52.8 Å². The van der Waals surface area contributed by atoms with Crippen molar-refractivity contribution in [2.45, 2.75) is 24.8 Å². The van der Waals surface area contributed by atoms with E-state index in [0.29, 0.717) is 32.5 Å². The first-order valence-corrected chi connectivity index (χ1v) is 13.1. The number of carboxylic acid groups (broad SMARTS) is 1. The van der Waals surface area contributed by atoms with Gasteiger partial charge < -0.3 is 14.6 Å². The minimum Gasteiger partial charge on any atom is -0.465 e. The average molecular weight is 555 g/mol. The predicted molar refractivity (Wildman–Crippen MR) is 142 cm³/mol. The largest absolute Gasteiger partial charge is 0.465 e. The Hall–Kier alpha value is -3.58. The zero-order valence-electron chi connectivity index (χ0n) is 20.5. The highest BCUT2D eigenvalue weighted by molar-refractivity contribution is 7.98. The predicted octanol–water partition coefficient (Wildman–Crippen LogP) is 3.91. The second-order valence-corrected chi connectivity index (χ2v) is 9.75. The Labute approximate surface area is 226 Å². The molecule has 196 valence electrons. The molecule has 0 unspecified atom stereocenters. The van der Waals surface area contributed by atoms with Crippen LogP contribution in [0, 0.1) is 6.92 Å². The molecule has 1 saturated heterocycles. The van der Waals surface area contributed by atoms with Gasteiger partial charge in [-0.25, -0.2) is 19.7 Å². The van der Waals surface area contributed by atoms with Crippen LogP contribution in [0.1, 0.15) is 5.69 Å². The molecule has 5 rings (SSSR count).